The Morgan fingerprint density at radius 2 is 0.742 bits per heavy atom. The maximum absolute atomic E-state index is 12.3. The summed E-state index contributed by atoms with van der Waals surface area (Å²) in [4.78, 5) is 117. The van der Waals surface area contributed by atoms with Gasteiger partial charge in [0.2, 0.25) is 11.8 Å². The van der Waals surface area contributed by atoms with Crippen LogP contribution in [0.25, 0.3) is 0 Å². The molecule has 12 rings (SSSR count). The molecule has 10 aromatic rings. The van der Waals surface area contributed by atoms with Gasteiger partial charge in [0.15, 0.2) is 0 Å². The first-order valence-electron chi connectivity index (χ1n) is 36.6. The maximum atomic E-state index is 12.3. The first kappa shape index (κ1) is 106. The number of carbonyl (C=O) groups is 8. The van der Waals surface area contributed by atoms with E-state index in [0.29, 0.717) is 40.9 Å². The standard InChI is InChI=1S/C19H18N2O6S.C19H22N2O4S.C15H16N2O4S.C14H12N2O6S.C7H5ClN2O6S.C7H8.CH2O3.Na/c1-27-19(24)13-10-15(20-28(25)26)14(9-12-5-3-2-4-6-12)16(11-13)21-17(22)7-8-18(21)23;1-25-19(22)15-12-17(20-26(23)24)16(11-14-7-3-2-4-8-14)18(13-15)21-9-5-6-10-21;1-21-15(18)11-8-13(16)12(14(9-11)17-22(19)20)7-10-5-3-2-4-6-10;17-14(18)10-7-12(15-23(21)22)11(13(8-10)16(19)20)6-9-4-2-1-3-5-9;8-6-4(9-17(15)16)1-3(7(11)12)2-5(6)10(13)14;1-7-5-3-2-4-6-7;2-1-4-3;/h2-6,10-11,20H,7-9H2,1H3,(H,25,26);2-4,7-8,12-13,20H,5-6,9-11H2,1H3,(H,23,24);2-6,8-9,17H,7,16H2,1H3,(H,19,20);1-5,7-8,15H,6H2,(H,17,18)(H,21,22);1-2,9H,(H,11,12)(H,15,16);2-6H,1H3;1,3H;/q;;;;;;;+1/p-6. The van der Waals surface area contributed by atoms with E-state index in [9.17, 15) is 97.6 Å². The zero-order chi connectivity index (χ0) is 93.6. The van der Waals surface area contributed by atoms with E-state index in [1.807, 2.05) is 114 Å². The molecule has 2 heterocycles. The van der Waals surface area contributed by atoms with E-state index in [4.69, 9.17) is 47.1 Å². The Kier molecular flexibility index (Phi) is 44.5. The molecule has 2 amide bonds. The summed E-state index contributed by atoms with van der Waals surface area (Å²) in [5.41, 5.74) is 13.1. The number of methoxy groups -OCH3 is 3. The fourth-order valence-corrected chi connectivity index (χ4v) is 14.3. The van der Waals surface area contributed by atoms with Crippen LogP contribution in [-0.4, -0.2) is 146 Å². The number of imide groups is 1. The van der Waals surface area contributed by atoms with E-state index in [1.54, 1.807) is 47.2 Å². The molecule has 0 spiro atoms. The van der Waals surface area contributed by atoms with Crippen molar-refractivity contribution in [3.05, 3.63) is 315 Å². The van der Waals surface area contributed by atoms with E-state index >= 15 is 0 Å². The summed E-state index contributed by atoms with van der Waals surface area (Å²) in [5, 5.41) is 47.5. The summed E-state index contributed by atoms with van der Waals surface area (Å²) in [6, 6.07) is 60.0. The Balaban J connectivity index is 0.000000276. The van der Waals surface area contributed by atoms with Crippen molar-refractivity contribution in [2.45, 2.75) is 58.3 Å². The average molecular weight is 1890 g/mol. The Morgan fingerprint density at radius 1 is 0.453 bits per heavy atom. The minimum absolute atomic E-state index is 0. The number of aromatic carboxylic acids is 2. The van der Waals surface area contributed by atoms with Crippen molar-refractivity contribution in [1.29, 1.82) is 0 Å². The van der Waals surface area contributed by atoms with Crippen molar-refractivity contribution in [3.63, 3.8) is 0 Å². The number of anilines is 8. The fraction of sp³-hybridized carbons (Fsp3) is 0.171. The number of nitrogens with one attached hydrogen (secondary N) is 5. The number of nitrogen functional groups attached to an aromatic ring is 1. The van der Waals surface area contributed by atoms with Crippen molar-refractivity contribution in [2.75, 3.05) is 73.6 Å². The molecular formula is C82H77ClN10NaO29S5-5. The number of nitrogens with two attached hydrogens (primary N) is 1. The summed E-state index contributed by atoms with van der Waals surface area (Å²) >= 11 is -7.65. The smallest absolute Gasteiger partial charge is 0.755 e. The zero-order valence-corrected chi connectivity index (χ0v) is 74.9. The van der Waals surface area contributed by atoms with Crippen molar-refractivity contribution in [2.24, 2.45) is 0 Å². The van der Waals surface area contributed by atoms with Crippen LogP contribution in [0.3, 0.4) is 0 Å². The van der Waals surface area contributed by atoms with Crippen LogP contribution < -0.4 is 74.0 Å². The van der Waals surface area contributed by atoms with Crippen LogP contribution in [-0.2, 0) is 115 Å². The number of nitro benzene ring substituents is 2. The molecule has 2 fully saturated rings. The molecule has 9 N–H and O–H groups in total. The molecule has 10 aromatic carbocycles. The van der Waals surface area contributed by atoms with Gasteiger partial charge < -0.3 is 91.6 Å². The van der Waals surface area contributed by atoms with E-state index in [-0.39, 0.29) is 112 Å². The largest absolute Gasteiger partial charge is 1.00 e. The number of nitro groups is 2. The first-order valence-corrected chi connectivity index (χ1v) is 42.3. The second-order valence-corrected chi connectivity index (χ2v) is 29.9. The van der Waals surface area contributed by atoms with E-state index in [0.717, 1.165) is 88.6 Å². The number of benzene rings is 10. The van der Waals surface area contributed by atoms with Gasteiger partial charge in [-0.3, -0.25) is 60.6 Å². The number of ether oxygens (including phenoxy) is 3. The van der Waals surface area contributed by atoms with Crippen LogP contribution in [0.1, 0.15) is 128 Å². The van der Waals surface area contributed by atoms with E-state index in [1.165, 1.54) is 51.2 Å². The summed E-state index contributed by atoms with van der Waals surface area (Å²) in [6.45, 7) is 3.67. The molecule has 2 aliphatic rings. The monoisotopic (exact) mass is 1880 g/mol. The molecule has 0 saturated carbocycles. The Labute approximate surface area is 770 Å². The molecule has 2 saturated heterocycles. The van der Waals surface area contributed by atoms with Gasteiger partial charge in [0.05, 0.1) is 98.7 Å². The number of halogens is 1. The molecule has 672 valence electrons. The second-order valence-electron chi connectivity index (χ2n) is 26.1. The van der Waals surface area contributed by atoms with Crippen LogP contribution in [0.15, 0.2) is 212 Å². The topological polar surface area (TPSA) is 617 Å². The molecule has 0 aromatic heterocycles. The van der Waals surface area contributed by atoms with Crippen molar-refractivity contribution < 1.29 is 156 Å². The van der Waals surface area contributed by atoms with Crippen molar-refractivity contribution in [3.8, 4) is 0 Å². The molecule has 0 aliphatic carbocycles. The van der Waals surface area contributed by atoms with Gasteiger partial charge >= 0.3 is 59.4 Å². The Hall–Kier alpha value is -12.6. The number of aryl methyl sites for hydroxylation is 1. The molecule has 2 aliphatic heterocycles. The number of amides is 2. The number of hydrogen-bond acceptors (Lipinski definition) is 29. The fourth-order valence-electron chi connectivity index (χ4n) is 12.2. The number of carboxylic acid groups (broad SMARTS) is 2. The normalized spacial score (nSPS) is 12.6. The predicted octanol–water partition coefficient (Wildman–Crippen LogP) is 7.32. The Bertz CT molecular complexity index is 5670. The number of carboxylic acids is 2. The van der Waals surface area contributed by atoms with Crippen molar-refractivity contribution in [1.82, 2.24) is 0 Å². The third kappa shape index (κ3) is 33.6. The van der Waals surface area contributed by atoms with Gasteiger partial charge in [0.1, 0.15) is 5.02 Å². The SMILES string of the molecule is COC(=O)c1cc(N)c(Cc2ccccc2)c(NS(=O)[O-])c1.COC(=O)c1cc(NS(=O)[O-])c(Cc2ccccc2)c(N2C(=O)CCC2=O)c1.COC(=O)c1cc(NS(=O)[O-])c(Cc2ccccc2)c(N2CCCC2)c1.Cc1ccccc1.O=C(O)c1cc(NS(=O)[O-])c(Cc2ccccc2)c([N+](=O)[O-])c1.O=C(O)c1cc(NS(=O)[O-])c(Cl)c([N+](=O)[O-])c1.O=CO[O-].[Na+]. The van der Waals surface area contributed by atoms with Gasteiger partial charge in [0.25, 0.3) is 17.8 Å². The number of carbonyl (C=O) groups excluding carboxylic acids is 6. The third-order valence-corrected chi connectivity index (χ3v) is 20.1. The number of rotatable bonds is 28. The third-order valence-electron chi connectivity index (χ3n) is 17.7. The molecule has 0 bridgehead atoms. The number of esters is 3. The second kappa shape index (κ2) is 53.7. The van der Waals surface area contributed by atoms with Gasteiger partial charge in [-0.25, -0.2) is 24.0 Å². The molecule has 39 nitrogen and oxygen atoms in total. The Morgan fingerprint density at radius 3 is 1.07 bits per heavy atom. The van der Waals surface area contributed by atoms with Crippen LogP contribution in [0.2, 0.25) is 5.02 Å². The molecule has 5 unspecified atom stereocenters. The minimum atomic E-state index is -2.77. The van der Waals surface area contributed by atoms with Crippen LogP contribution in [0.5, 0.6) is 0 Å². The summed E-state index contributed by atoms with van der Waals surface area (Å²) in [7, 11) is 3.74. The van der Waals surface area contributed by atoms with Gasteiger partial charge in [0, 0.05) is 148 Å². The number of nitrogens with zero attached hydrogens (tertiary/aromatic N) is 4. The molecular weight excluding hydrogens is 1810 g/mol. The van der Waals surface area contributed by atoms with E-state index in [2.05, 4.69) is 47.7 Å². The maximum Gasteiger partial charge on any atom is 1.00 e. The van der Waals surface area contributed by atoms with Gasteiger partial charge in [-0.1, -0.05) is 169 Å². The molecule has 0 radical (unpaired) electrons. The minimum Gasteiger partial charge on any atom is -0.755 e. The summed E-state index contributed by atoms with van der Waals surface area (Å²) < 4.78 is 135. The molecule has 5 atom stereocenters. The predicted molar refractivity (Wildman–Crippen MR) is 464 cm³/mol. The van der Waals surface area contributed by atoms with Crippen LogP contribution in [0.4, 0.5) is 56.9 Å². The molecule has 128 heavy (non-hydrogen) atoms. The van der Waals surface area contributed by atoms with E-state index < -0.39 is 130 Å². The molecule has 46 heteroatoms. The summed E-state index contributed by atoms with van der Waals surface area (Å²) in [5.74, 6) is -5.44. The van der Waals surface area contributed by atoms with Crippen LogP contribution in [0, 0.1) is 27.2 Å². The van der Waals surface area contributed by atoms with Gasteiger partial charge in [-0.15, -0.1) is 0 Å². The van der Waals surface area contributed by atoms with Gasteiger partial charge in [-0.05, 0) is 90.6 Å². The van der Waals surface area contributed by atoms with Gasteiger partial charge in [-0.2, -0.15) is 0 Å². The number of hydrogen-bond donors (Lipinski definition) is 8. The first-order chi connectivity index (χ1) is 60.5. The average Bonchev–Trinajstić information content (AvgIpc) is 1.83. The quantitative estimate of drug-likeness (QED) is 0.00227. The van der Waals surface area contributed by atoms with Crippen molar-refractivity contribution >= 4 is 173 Å². The van der Waals surface area contributed by atoms with Crippen LogP contribution >= 0.6 is 11.6 Å². The zero-order valence-electron chi connectivity index (χ0n) is 68.1. The summed E-state index contributed by atoms with van der Waals surface area (Å²) in [6.07, 6.45) is 3.59.